The molecule has 0 fully saturated rings. The zero-order valence-electron chi connectivity index (χ0n) is 14.2. The van der Waals surface area contributed by atoms with Crippen molar-refractivity contribution >= 4 is 47.0 Å². The van der Waals surface area contributed by atoms with E-state index in [1.807, 2.05) is 0 Å². The summed E-state index contributed by atoms with van der Waals surface area (Å²) in [5.74, 6) is -0.737. The second-order valence-electron chi connectivity index (χ2n) is 6.03. The van der Waals surface area contributed by atoms with Gasteiger partial charge in [0.05, 0.1) is 16.3 Å². The number of carboxylic acid groups (broad SMARTS) is 1. The van der Waals surface area contributed by atoms with Crippen LogP contribution in [-0.2, 0) is 9.53 Å². The molecular weight excluding hydrogens is 368 g/mol. The SMILES string of the molecule is CC(C)(C)OC(=O)NCCSCC(=O)Nc1ccc(Cl)c(C(=O)O)c1. The summed E-state index contributed by atoms with van der Waals surface area (Å²) in [5, 5.41) is 14.3. The molecule has 9 heteroatoms. The van der Waals surface area contributed by atoms with Crippen molar-refractivity contribution in [2.45, 2.75) is 26.4 Å². The molecule has 1 aromatic carbocycles. The first kappa shape index (κ1) is 21.1. The van der Waals surface area contributed by atoms with Gasteiger partial charge in [-0.2, -0.15) is 11.8 Å². The molecule has 0 aliphatic carbocycles. The number of benzene rings is 1. The minimum absolute atomic E-state index is 0.0753. The molecule has 2 amide bonds. The van der Waals surface area contributed by atoms with Gasteiger partial charge in [0.1, 0.15) is 5.60 Å². The third-order valence-electron chi connectivity index (χ3n) is 2.63. The Kier molecular flexibility index (Phi) is 8.05. The Morgan fingerprint density at radius 3 is 2.56 bits per heavy atom. The highest BCUT2D eigenvalue weighted by atomic mass is 35.5. The van der Waals surface area contributed by atoms with E-state index in [-0.39, 0.29) is 22.2 Å². The van der Waals surface area contributed by atoms with Crippen LogP contribution < -0.4 is 10.6 Å². The van der Waals surface area contributed by atoms with Crippen molar-refractivity contribution in [3.8, 4) is 0 Å². The van der Waals surface area contributed by atoms with Crippen molar-refractivity contribution < 1.29 is 24.2 Å². The summed E-state index contributed by atoms with van der Waals surface area (Å²) >= 11 is 7.10. The third-order valence-corrected chi connectivity index (χ3v) is 3.92. The molecule has 0 aliphatic heterocycles. The predicted molar refractivity (Wildman–Crippen MR) is 98.6 cm³/mol. The van der Waals surface area contributed by atoms with E-state index >= 15 is 0 Å². The van der Waals surface area contributed by atoms with Crippen molar-refractivity contribution in [2.24, 2.45) is 0 Å². The number of amides is 2. The number of hydrogen-bond acceptors (Lipinski definition) is 5. The fourth-order valence-electron chi connectivity index (χ4n) is 1.67. The first-order valence-corrected chi connectivity index (χ1v) is 8.99. The zero-order chi connectivity index (χ0) is 19.0. The molecule has 0 spiro atoms. The summed E-state index contributed by atoms with van der Waals surface area (Å²) in [6, 6.07) is 4.25. The predicted octanol–water partition coefficient (Wildman–Crippen LogP) is 3.23. The van der Waals surface area contributed by atoms with Crippen molar-refractivity contribution in [2.75, 3.05) is 23.4 Å². The van der Waals surface area contributed by atoms with Crippen LogP contribution in [0.15, 0.2) is 18.2 Å². The van der Waals surface area contributed by atoms with Gasteiger partial charge in [0.15, 0.2) is 0 Å². The standard InChI is InChI=1S/C16H21ClN2O5S/c1-16(2,3)24-15(23)18-6-7-25-9-13(20)19-10-4-5-12(17)11(8-10)14(21)22/h4-5,8H,6-7,9H2,1-3H3,(H,18,23)(H,19,20)(H,21,22). The molecule has 138 valence electrons. The maximum Gasteiger partial charge on any atom is 0.407 e. The number of thioether (sulfide) groups is 1. The Morgan fingerprint density at radius 1 is 1.28 bits per heavy atom. The summed E-state index contributed by atoms with van der Waals surface area (Å²) in [7, 11) is 0. The van der Waals surface area contributed by atoms with Gasteiger partial charge in [0.2, 0.25) is 5.91 Å². The van der Waals surface area contributed by atoms with E-state index in [1.54, 1.807) is 20.8 Å². The lowest BCUT2D eigenvalue weighted by Crippen LogP contribution is -2.33. The van der Waals surface area contributed by atoms with E-state index in [1.165, 1.54) is 30.0 Å². The first-order valence-electron chi connectivity index (χ1n) is 7.46. The quantitative estimate of drug-likeness (QED) is 0.619. The number of anilines is 1. The Hall–Kier alpha value is -1.93. The second kappa shape index (κ2) is 9.53. The van der Waals surface area contributed by atoms with Crippen LogP contribution in [0.3, 0.4) is 0 Å². The van der Waals surface area contributed by atoms with E-state index in [2.05, 4.69) is 10.6 Å². The average Bonchev–Trinajstić information content (AvgIpc) is 2.46. The summed E-state index contributed by atoms with van der Waals surface area (Å²) in [6.07, 6.45) is -0.500. The first-order chi connectivity index (χ1) is 11.6. The molecule has 0 saturated carbocycles. The van der Waals surface area contributed by atoms with Crippen LogP contribution in [0, 0.1) is 0 Å². The number of carbonyl (C=O) groups is 3. The molecule has 1 rings (SSSR count). The molecule has 0 radical (unpaired) electrons. The minimum atomic E-state index is -1.16. The van der Waals surface area contributed by atoms with E-state index in [0.717, 1.165) is 0 Å². The van der Waals surface area contributed by atoms with Crippen LogP contribution in [0.25, 0.3) is 0 Å². The molecule has 0 saturated heterocycles. The molecule has 0 bridgehead atoms. The van der Waals surface area contributed by atoms with E-state index in [0.29, 0.717) is 18.0 Å². The summed E-state index contributed by atoms with van der Waals surface area (Å²) in [4.78, 5) is 34.3. The molecule has 3 N–H and O–H groups in total. The van der Waals surface area contributed by atoms with Crippen LogP contribution in [0.2, 0.25) is 5.02 Å². The van der Waals surface area contributed by atoms with Gasteiger partial charge in [-0.05, 0) is 39.0 Å². The lowest BCUT2D eigenvalue weighted by Gasteiger charge is -2.19. The van der Waals surface area contributed by atoms with Gasteiger partial charge >= 0.3 is 12.1 Å². The number of rotatable bonds is 7. The number of halogens is 1. The minimum Gasteiger partial charge on any atom is -0.478 e. The smallest absolute Gasteiger partial charge is 0.407 e. The normalized spacial score (nSPS) is 10.9. The van der Waals surface area contributed by atoms with Gasteiger partial charge in [-0.25, -0.2) is 9.59 Å². The zero-order valence-corrected chi connectivity index (χ0v) is 15.8. The lowest BCUT2D eigenvalue weighted by atomic mass is 10.2. The fraction of sp³-hybridized carbons (Fsp3) is 0.438. The number of hydrogen-bond donors (Lipinski definition) is 3. The van der Waals surface area contributed by atoms with E-state index < -0.39 is 17.7 Å². The maximum absolute atomic E-state index is 11.8. The lowest BCUT2D eigenvalue weighted by molar-refractivity contribution is -0.113. The van der Waals surface area contributed by atoms with E-state index in [9.17, 15) is 14.4 Å². The van der Waals surface area contributed by atoms with Crippen LogP contribution >= 0.6 is 23.4 Å². The fourth-order valence-corrected chi connectivity index (χ4v) is 2.51. The Labute approximate surface area is 155 Å². The Bertz CT molecular complexity index is 646. The van der Waals surface area contributed by atoms with Crippen molar-refractivity contribution in [3.63, 3.8) is 0 Å². The molecule has 0 atom stereocenters. The Morgan fingerprint density at radius 2 is 1.96 bits per heavy atom. The van der Waals surface area contributed by atoms with Crippen LogP contribution in [0.5, 0.6) is 0 Å². The maximum atomic E-state index is 11.8. The van der Waals surface area contributed by atoms with Crippen LogP contribution in [0.1, 0.15) is 31.1 Å². The van der Waals surface area contributed by atoms with Crippen LogP contribution in [-0.4, -0.2) is 46.7 Å². The van der Waals surface area contributed by atoms with Crippen LogP contribution in [0.4, 0.5) is 10.5 Å². The van der Waals surface area contributed by atoms with Gasteiger partial charge in [-0.15, -0.1) is 0 Å². The van der Waals surface area contributed by atoms with Crippen molar-refractivity contribution in [3.05, 3.63) is 28.8 Å². The number of carbonyl (C=O) groups excluding carboxylic acids is 2. The summed E-state index contributed by atoms with van der Waals surface area (Å²) < 4.78 is 5.09. The van der Waals surface area contributed by atoms with Gasteiger partial charge in [0, 0.05) is 18.0 Å². The number of alkyl carbamates (subject to hydrolysis) is 1. The largest absolute Gasteiger partial charge is 0.478 e. The van der Waals surface area contributed by atoms with Crippen molar-refractivity contribution in [1.29, 1.82) is 0 Å². The second-order valence-corrected chi connectivity index (χ2v) is 7.54. The molecule has 0 aliphatic rings. The van der Waals surface area contributed by atoms with Gasteiger partial charge in [0.25, 0.3) is 0 Å². The highest BCUT2D eigenvalue weighted by molar-refractivity contribution is 7.99. The van der Waals surface area contributed by atoms with Gasteiger partial charge in [-0.3, -0.25) is 4.79 Å². The molecule has 0 heterocycles. The molecule has 0 aromatic heterocycles. The number of ether oxygens (including phenoxy) is 1. The van der Waals surface area contributed by atoms with Crippen molar-refractivity contribution in [1.82, 2.24) is 5.32 Å². The highest BCUT2D eigenvalue weighted by Gasteiger charge is 2.15. The molecular formula is C16H21ClN2O5S. The molecule has 7 nitrogen and oxygen atoms in total. The number of aromatic carboxylic acids is 1. The molecule has 0 unspecified atom stereocenters. The summed E-state index contributed by atoms with van der Waals surface area (Å²) in [5.41, 5.74) is -0.266. The van der Waals surface area contributed by atoms with E-state index in [4.69, 9.17) is 21.4 Å². The molecule has 1 aromatic rings. The molecule has 25 heavy (non-hydrogen) atoms. The highest BCUT2D eigenvalue weighted by Crippen LogP contribution is 2.20. The van der Waals surface area contributed by atoms with Gasteiger partial charge in [-0.1, -0.05) is 11.6 Å². The number of carboxylic acids is 1. The average molecular weight is 389 g/mol. The van der Waals surface area contributed by atoms with Gasteiger partial charge < -0.3 is 20.5 Å². The number of nitrogens with one attached hydrogen (secondary N) is 2. The topological polar surface area (TPSA) is 105 Å². The monoisotopic (exact) mass is 388 g/mol. The Balaban J connectivity index is 2.31. The summed E-state index contributed by atoms with van der Waals surface area (Å²) in [6.45, 7) is 5.70. The third kappa shape index (κ3) is 8.64.